The third-order valence-corrected chi connectivity index (χ3v) is 6.61. The number of Topliss-reactive ketones (excluding diaryl/α,β-unsaturated/α-hetero) is 1. The number of aliphatic hydroxyl groups excluding tert-OH is 1. The standard InChI is InChI=1S/C29H36N4O6S/c1-20(40)30-15-9-8-14-24(27(36)31-17-26(35)22-12-6-3-7-13-22)32-28(37)25-16-23(34)18-33(25)29(38)39-19-21-10-4-2-5-11-21/h2-7,10-13,23-25,34H,8-9,14-19H2,1H3,(H,30,40)(H,31,36)(H,32,37)/t23-,24+,25+/m1/s1. The van der Waals surface area contributed by atoms with Crippen LogP contribution in [0.5, 0.6) is 0 Å². The third kappa shape index (κ3) is 9.73. The summed E-state index contributed by atoms with van der Waals surface area (Å²) in [4.78, 5) is 53.5. The van der Waals surface area contributed by atoms with Gasteiger partial charge in [-0.1, -0.05) is 72.9 Å². The maximum absolute atomic E-state index is 13.3. The van der Waals surface area contributed by atoms with Crippen molar-refractivity contribution in [1.29, 1.82) is 0 Å². The Kier molecular flexibility index (Phi) is 12.0. The molecule has 1 fully saturated rings. The van der Waals surface area contributed by atoms with Gasteiger partial charge in [-0.05, 0) is 31.7 Å². The number of hydrogen-bond acceptors (Lipinski definition) is 7. The zero-order chi connectivity index (χ0) is 28.9. The second-order valence-corrected chi connectivity index (χ2v) is 10.3. The van der Waals surface area contributed by atoms with Crippen molar-refractivity contribution in [3.63, 3.8) is 0 Å². The number of benzene rings is 2. The van der Waals surface area contributed by atoms with Crippen molar-refractivity contribution in [3.05, 3.63) is 71.8 Å². The number of nitrogens with one attached hydrogen (secondary N) is 3. The van der Waals surface area contributed by atoms with Crippen molar-refractivity contribution in [2.24, 2.45) is 0 Å². The van der Waals surface area contributed by atoms with E-state index in [1.807, 2.05) is 30.3 Å². The second kappa shape index (κ2) is 15.7. The van der Waals surface area contributed by atoms with Gasteiger partial charge in [-0.3, -0.25) is 19.3 Å². The molecule has 0 radical (unpaired) electrons. The summed E-state index contributed by atoms with van der Waals surface area (Å²) in [6.07, 6.45) is -0.00203. The van der Waals surface area contributed by atoms with Crippen molar-refractivity contribution in [3.8, 4) is 0 Å². The molecular weight excluding hydrogens is 532 g/mol. The largest absolute Gasteiger partial charge is 0.445 e. The molecule has 1 heterocycles. The van der Waals surface area contributed by atoms with E-state index in [4.69, 9.17) is 17.0 Å². The Hall–Kier alpha value is -3.83. The summed E-state index contributed by atoms with van der Waals surface area (Å²) < 4.78 is 5.37. The predicted molar refractivity (Wildman–Crippen MR) is 154 cm³/mol. The number of thiocarbonyl (C=S) groups is 1. The number of hydrogen-bond donors (Lipinski definition) is 4. The van der Waals surface area contributed by atoms with Crippen molar-refractivity contribution in [2.75, 3.05) is 19.6 Å². The van der Waals surface area contributed by atoms with Gasteiger partial charge in [0.15, 0.2) is 5.78 Å². The fourth-order valence-corrected chi connectivity index (χ4v) is 4.46. The Morgan fingerprint density at radius 1 is 1.02 bits per heavy atom. The second-order valence-electron chi connectivity index (χ2n) is 9.64. The van der Waals surface area contributed by atoms with Gasteiger partial charge in [-0.2, -0.15) is 0 Å². The molecule has 1 saturated heterocycles. The third-order valence-electron chi connectivity index (χ3n) is 6.47. The molecule has 0 saturated carbocycles. The number of amides is 3. The van der Waals surface area contributed by atoms with Crippen LogP contribution in [0.3, 0.4) is 0 Å². The summed E-state index contributed by atoms with van der Waals surface area (Å²) in [6.45, 7) is 2.15. The van der Waals surface area contributed by atoms with E-state index in [0.29, 0.717) is 36.4 Å². The van der Waals surface area contributed by atoms with E-state index in [1.165, 1.54) is 4.90 Å². The van der Waals surface area contributed by atoms with Gasteiger partial charge in [0.25, 0.3) is 0 Å². The van der Waals surface area contributed by atoms with Crippen LogP contribution in [0.25, 0.3) is 0 Å². The van der Waals surface area contributed by atoms with Crippen LogP contribution in [0, 0.1) is 0 Å². The molecule has 11 heteroatoms. The molecule has 2 aromatic rings. The van der Waals surface area contributed by atoms with E-state index in [2.05, 4.69) is 16.0 Å². The first-order chi connectivity index (χ1) is 19.2. The van der Waals surface area contributed by atoms with E-state index < -0.39 is 36.1 Å². The minimum Gasteiger partial charge on any atom is -0.445 e. The average molecular weight is 569 g/mol. The number of carbonyl (C=O) groups is 4. The molecule has 3 rings (SSSR count). The first-order valence-corrected chi connectivity index (χ1v) is 13.7. The number of aliphatic hydroxyl groups is 1. The van der Waals surface area contributed by atoms with Gasteiger partial charge in [0, 0.05) is 18.5 Å². The van der Waals surface area contributed by atoms with Crippen LogP contribution in [0.4, 0.5) is 4.79 Å². The molecular formula is C29H36N4O6S. The fourth-order valence-electron chi connectivity index (χ4n) is 4.36. The van der Waals surface area contributed by atoms with Crippen LogP contribution in [0.2, 0.25) is 0 Å². The quantitative estimate of drug-likeness (QED) is 0.164. The monoisotopic (exact) mass is 568 g/mol. The lowest BCUT2D eigenvalue weighted by Gasteiger charge is -2.25. The highest BCUT2D eigenvalue weighted by Gasteiger charge is 2.41. The van der Waals surface area contributed by atoms with E-state index in [9.17, 15) is 24.3 Å². The molecule has 1 aliphatic heterocycles. The number of ether oxygens (including phenoxy) is 1. The number of nitrogens with zero attached hydrogens (tertiary/aromatic N) is 1. The highest BCUT2D eigenvalue weighted by Crippen LogP contribution is 2.20. The Labute approximate surface area is 239 Å². The zero-order valence-electron chi connectivity index (χ0n) is 22.5. The highest BCUT2D eigenvalue weighted by molar-refractivity contribution is 7.80. The maximum Gasteiger partial charge on any atom is 0.410 e. The number of rotatable bonds is 13. The normalized spacial score (nSPS) is 17.0. The Bertz CT molecular complexity index is 1160. The molecule has 3 amide bonds. The van der Waals surface area contributed by atoms with Crippen LogP contribution in [-0.2, 0) is 20.9 Å². The zero-order valence-corrected chi connectivity index (χ0v) is 23.3. The fraction of sp³-hybridized carbons (Fsp3) is 0.414. The molecule has 0 aromatic heterocycles. The van der Waals surface area contributed by atoms with Crippen LogP contribution in [-0.4, -0.2) is 76.5 Å². The van der Waals surface area contributed by atoms with E-state index in [1.54, 1.807) is 37.3 Å². The van der Waals surface area contributed by atoms with Crippen molar-refractivity contribution in [1.82, 2.24) is 20.9 Å². The first kappa shape index (κ1) is 30.7. The van der Waals surface area contributed by atoms with Crippen molar-refractivity contribution < 1.29 is 29.0 Å². The Balaban J connectivity index is 1.61. The molecule has 10 nitrogen and oxygen atoms in total. The molecule has 214 valence electrons. The number of carbonyl (C=O) groups excluding carboxylic acids is 4. The van der Waals surface area contributed by atoms with Gasteiger partial charge in [0.2, 0.25) is 11.8 Å². The van der Waals surface area contributed by atoms with Gasteiger partial charge in [0.05, 0.1) is 24.2 Å². The molecule has 4 N–H and O–H groups in total. The summed E-state index contributed by atoms with van der Waals surface area (Å²) in [5, 5.41) is 18.6. The number of ketones is 1. The molecule has 2 aromatic carbocycles. The summed E-state index contributed by atoms with van der Waals surface area (Å²) in [6, 6.07) is 15.8. The van der Waals surface area contributed by atoms with E-state index in [-0.39, 0.29) is 31.9 Å². The lowest BCUT2D eigenvalue weighted by molar-refractivity contribution is -0.131. The van der Waals surface area contributed by atoms with E-state index >= 15 is 0 Å². The van der Waals surface area contributed by atoms with Gasteiger partial charge in [-0.25, -0.2) is 4.79 Å². The van der Waals surface area contributed by atoms with Gasteiger partial charge >= 0.3 is 6.09 Å². The first-order valence-electron chi connectivity index (χ1n) is 13.3. The summed E-state index contributed by atoms with van der Waals surface area (Å²) >= 11 is 5.02. The Morgan fingerprint density at radius 3 is 2.38 bits per heavy atom. The molecule has 0 spiro atoms. The lowest BCUT2D eigenvalue weighted by atomic mass is 10.1. The van der Waals surface area contributed by atoms with Gasteiger partial charge in [0.1, 0.15) is 18.7 Å². The molecule has 0 unspecified atom stereocenters. The molecule has 40 heavy (non-hydrogen) atoms. The minimum absolute atomic E-state index is 0.0188. The minimum atomic E-state index is -1.00. The van der Waals surface area contributed by atoms with Crippen LogP contribution in [0.15, 0.2) is 60.7 Å². The summed E-state index contributed by atoms with van der Waals surface area (Å²) in [5.41, 5.74) is 1.26. The molecule has 1 aliphatic rings. The Morgan fingerprint density at radius 2 is 1.70 bits per heavy atom. The van der Waals surface area contributed by atoms with Crippen molar-refractivity contribution in [2.45, 2.75) is 57.4 Å². The predicted octanol–water partition coefficient (Wildman–Crippen LogP) is 2.35. The summed E-state index contributed by atoms with van der Waals surface area (Å²) in [7, 11) is 0. The summed E-state index contributed by atoms with van der Waals surface area (Å²) in [5.74, 6) is -1.34. The lowest BCUT2D eigenvalue weighted by Crippen LogP contribution is -2.53. The van der Waals surface area contributed by atoms with Crippen LogP contribution >= 0.6 is 12.2 Å². The van der Waals surface area contributed by atoms with Crippen LogP contribution < -0.4 is 16.0 Å². The molecule has 0 bridgehead atoms. The van der Waals surface area contributed by atoms with E-state index in [0.717, 1.165) is 5.56 Å². The van der Waals surface area contributed by atoms with Crippen LogP contribution in [0.1, 0.15) is 48.5 Å². The highest BCUT2D eigenvalue weighted by atomic mass is 32.1. The average Bonchev–Trinajstić information content (AvgIpc) is 3.36. The van der Waals surface area contributed by atoms with Gasteiger partial charge < -0.3 is 25.8 Å². The number of unbranched alkanes of at least 4 members (excludes halogenated alkanes) is 1. The number of likely N-dealkylation sites (tertiary alicyclic amines) is 1. The van der Waals surface area contributed by atoms with Gasteiger partial charge in [-0.15, -0.1) is 0 Å². The SMILES string of the molecule is CC(=S)NCCCC[C@H](NC(=O)[C@@H]1C[C@@H](O)CN1C(=O)OCc1ccccc1)C(=O)NCC(=O)c1ccccc1. The number of β-amino-alcohol motifs (C(OH)–C–C–N with tert-alkyl or cyclic N) is 1. The molecule has 3 atom stereocenters. The topological polar surface area (TPSA) is 137 Å². The maximum atomic E-state index is 13.3. The molecule has 0 aliphatic carbocycles. The van der Waals surface area contributed by atoms with Crippen molar-refractivity contribution >= 4 is 40.9 Å². The smallest absolute Gasteiger partial charge is 0.410 e.